The van der Waals surface area contributed by atoms with E-state index in [0.717, 1.165) is 21.4 Å². The lowest BCUT2D eigenvalue weighted by atomic mass is 10.1. The van der Waals surface area contributed by atoms with E-state index in [2.05, 4.69) is 31.1 Å². The Hall–Kier alpha value is -2.45. The topological polar surface area (TPSA) is 68.2 Å². The highest BCUT2D eigenvalue weighted by atomic mass is 79.9. The summed E-state index contributed by atoms with van der Waals surface area (Å²) >= 11 is 5.07. The molecule has 142 valence electrons. The van der Waals surface area contributed by atoms with Crippen molar-refractivity contribution in [2.75, 3.05) is 10.7 Å². The first-order chi connectivity index (χ1) is 13.6. The molecule has 3 aromatic rings. The van der Waals surface area contributed by atoms with Crippen molar-refractivity contribution in [3.63, 3.8) is 0 Å². The SMILES string of the molecule is CCSc1nnc2c(n1)OC(c1ccccc1Br)N(C(C)=O)c1ccccc1-2. The van der Waals surface area contributed by atoms with Crippen LogP contribution in [0.5, 0.6) is 5.88 Å². The van der Waals surface area contributed by atoms with Crippen molar-refractivity contribution < 1.29 is 9.53 Å². The van der Waals surface area contributed by atoms with Gasteiger partial charge in [-0.25, -0.2) is 0 Å². The van der Waals surface area contributed by atoms with E-state index in [0.29, 0.717) is 22.4 Å². The van der Waals surface area contributed by atoms with Crippen LogP contribution in [0.15, 0.2) is 58.2 Å². The maximum absolute atomic E-state index is 12.7. The molecule has 0 bridgehead atoms. The fourth-order valence-corrected chi connectivity index (χ4v) is 4.11. The van der Waals surface area contributed by atoms with Crippen LogP contribution in [-0.2, 0) is 4.79 Å². The highest BCUT2D eigenvalue weighted by Crippen LogP contribution is 2.44. The Labute approximate surface area is 175 Å². The number of thioether (sulfide) groups is 1. The Morgan fingerprint density at radius 1 is 1.18 bits per heavy atom. The summed E-state index contributed by atoms with van der Waals surface area (Å²) in [4.78, 5) is 18.9. The minimum Gasteiger partial charge on any atom is -0.447 e. The van der Waals surface area contributed by atoms with E-state index in [1.165, 1.54) is 18.7 Å². The molecule has 0 spiro atoms. The van der Waals surface area contributed by atoms with Crippen LogP contribution < -0.4 is 9.64 Å². The van der Waals surface area contributed by atoms with Gasteiger partial charge in [0, 0.05) is 22.5 Å². The van der Waals surface area contributed by atoms with Crippen LogP contribution in [0.3, 0.4) is 0 Å². The van der Waals surface area contributed by atoms with Crippen molar-refractivity contribution in [3.8, 4) is 17.1 Å². The van der Waals surface area contributed by atoms with Gasteiger partial charge in [-0.3, -0.25) is 9.69 Å². The molecule has 0 saturated carbocycles. The summed E-state index contributed by atoms with van der Waals surface area (Å²) in [5.74, 6) is 1.05. The molecule has 0 aliphatic carbocycles. The number of benzene rings is 2. The van der Waals surface area contributed by atoms with E-state index in [1.54, 1.807) is 4.90 Å². The Morgan fingerprint density at radius 2 is 1.93 bits per heavy atom. The van der Waals surface area contributed by atoms with Crippen molar-refractivity contribution in [2.24, 2.45) is 0 Å². The first kappa shape index (κ1) is 18.9. The summed E-state index contributed by atoms with van der Waals surface area (Å²) in [6, 6.07) is 15.3. The number of para-hydroxylation sites is 1. The molecule has 1 aromatic heterocycles. The molecule has 1 amide bonds. The molecule has 2 heterocycles. The lowest BCUT2D eigenvalue weighted by Crippen LogP contribution is -2.36. The number of aromatic nitrogens is 3. The van der Waals surface area contributed by atoms with Gasteiger partial charge in [0.05, 0.1) is 5.69 Å². The number of anilines is 1. The molecule has 1 atom stereocenters. The number of carbonyl (C=O) groups excluding carboxylic acids is 1. The van der Waals surface area contributed by atoms with E-state index in [-0.39, 0.29) is 5.91 Å². The molecule has 4 rings (SSSR count). The molecule has 0 radical (unpaired) electrons. The predicted octanol–water partition coefficient (Wildman–Crippen LogP) is 4.86. The van der Waals surface area contributed by atoms with Gasteiger partial charge >= 0.3 is 0 Å². The first-order valence-electron chi connectivity index (χ1n) is 8.78. The zero-order chi connectivity index (χ0) is 19.7. The van der Waals surface area contributed by atoms with Gasteiger partial charge in [0.25, 0.3) is 0 Å². The van der Waals surface area contributed by atoms with Crippen molar-refractivity contribution in [3.05, 3.63) is 58.6 Å². The number of ether oxygens (including phenoxy) is 1. The van der Waals surface area contributed by atoms with Crippen molar-refractivity contribution in [2.45, 2.75) is 25.2 Å². The fraction of sp³-hybridized carbons (Fsp3) is 0.200. The first-order valence-corrected chi connectivity index (χ1v) is 10.6. The number of hydrogen-bond donors (Lipinski definition) is 0. The van der Waals surface area contributed by atoms with Gasteiger partial charge in [0.1, 0.15) is 0 Å². The van der Waals surface area contributed by atoms with Crippen LogP contribution in [0.2, 0.25) is 0 Å². The number of rotatable bonds is 3. The summed E-state index contributed by atoms with van der Waals surface area (Å²) in [5.41, 5.74) is 2.82. The molecule has 28 heavy (non-hydrogen) atoms. The highest BCUT2D eigenvalue weighted by Gasteiger charge is 2.35. The number of fused-ring (bicyclic) bond motifs is 3. The zero-order valence-corrected chi connectivity index (χ0v) is 17.7. The van der Waals surface area contributed by atoms with Crippen molar-refractivity contribution in [1.29, 1.82) is 0 Å². The van der Waals surface area contributed by atoms with Gasteiger partial charge in [-0.1, -0.05) is 71.0 Å². The van der Waals surface area contributed by atoms with Crippen LogP contribution in [0.1, 0.15) is 25.6 Å². The van der Waals surface area contributed by atoms with E-state index < -0.39 is 6.23 Å². The Balaban J connectivity index is 1.97. The molecule has 2 aromatic carbocycles. The van der Waals surface area contributed by atoms with E-state index in [4.69, 9.17) is 4.74 Å². The quantitative estimate of drug-likeness (QED) is 0.524. The second kappa shape index (κ2) is 7.89. The largest absolute Gasteiger partial charge is 0.447 e. The van der Waals surface area contributed by atoms with E-state index >= 15 is 0 Å². The smallest absolute Gasteiger partial charge is 0.247 e. The van der Waals surface area contributed by atoms with Crippen molar-refractivity contribution >= 4 is 39.3 Å². The van der Waals surface area contributed by atoms with E-state index in [1.807, 2.05) is 55.5 Å². The van der Waals surface area contributed by atoms with Gasteiger partial charge in [0.2, 0.25) is 23.2 Å². The minimum atomic E-state index is -0.688. The van der Waals surface area contributed by atoms with Gasteiger partial charge < -0.3 is 4.74 Å². The molecular weight excluding hydrogens is 440 g/mol. The Bertz CT molecular complexity index is 1050. The second-order valence-electron chi connectivity index (χ2n) is 6.08. The van der Waals surface area contributed by atoms with Crippen LogP contribution in [-0.4, -0.2) is 26.8 Å². The third-order valence-electron chi connectivity index (χ3n) is 4.30. The minimum absolute atomic E-state index is 0.142. The predicted molar refractivity (Wildman–Crippen MR) is 112 cm³/mol. The molecule has 1 aliphatic rings. The zero-order valence-electron chi connectivity index (χ0n) is 15.3. The third-order valence-corrected chi connectivity index (χ3v) is 5.74. The lowest BCUT2D eigenvalue weighted by Gasteiger charge is -2.30. The molecule has 0 fully saturated rings. The van der Waals surface area contributed by atoms with Crippen LogP contribution >= 0.6 is 27.7 Å². The van der Waals surface area contributed by atoms with Gasteiger partial charge in [-0.2, -0.15) is 4.98 Å². The van der Waals surface area contributed by atoms with Crippen LogP contribution in [0.25, 0.3) is 11.3 Å². The average Bonchev–Trinajstić information content (AvgIpc) is 2.83. The van der Waals surface area contributed by atoms with Crippen LogP contribution in [0.4, 0.5) is 5.69 Å². The van der Waals surface area contributed by atoms with E-state index in [9.17, 15) is 4.79 Å². The summed E-state index contributed by atoms with van der Waals surface area (Å²) in [5, 5.41) is 9.13. The second-order valence-corrected chi connectivity index (χ2v) is 8.16. The molecule has 6 nitrogen and oxygen atoms in total. The summed E-state index contributed by atoms with van der Waals surface area (Å²) in [6.07, 6.45) is -0.688. The molecule has 0 N–H and O–H groups in total. The highest BCUT2D eigenvalue weighted by molar-refractivity contribution is 9.10. The maximum atomic E-state index is 12.7. The molecule has 1 unspecified atom stereocenters. The summed E-state index contributed by atoms with van der Waals surface area (Å²) in [7, 11) is 0. The Morgan fingerprint density at radius 3 is 2.68 bits per heavy atom. The van der Waals surface area contributed by atoms with Gasteiger partial charge in [-0.05, 0) is 17.9 Å². The lowest BCUT2D eigenvalue weighted by molar-refractivity contribution is -0.118. The summed E-state index contributed by atoms with van der Waals surface area (Å²) in [6.45, 7) is 3.55. The Kier molecular flexibility index (Phi) is 5.32. The normalized spacial score (nSPS) is 15.2. The van der Waals surface area contributed by atoms with Crippen molar-refractivity contribution in [1.82, 2.24) is 15.2 Å². The monoisotopic (exact) mass is 456 g/mol. The maximum Gasteiger partial charge on any atom is 0.247 e. The molecule has 0 saturated heterocycles. The number of hydrogen-bond acceptors (Lipinski definition) is 6. The molecular formula is C20H17BrN4O2S. The average molecular weight is 457 g/mol. The fourth-order valence-electron chi connectivity index (χ4n) is 3.12. The number of amides is 1. The third kappa shape index (κ3) is 3.38. The summed E-state index contributed by atoms with van der Waals surface area (Å²) < 4.78 is 7.16. The number of nitrogens with zero attached hydrogens (tertiary/aromatic N) is 4. The number of halogens is 1. The molecule has 1 aliphatic heterocycles. The number of carbonyl (C=O) groups is 1. The standard InChI is InChI=1S/C20H17BrN4O2S/c1-3-28-20-22-18-17(23-24-20)14-9-5-7-11-16(14)25(12(2)26)19(27-18)13-8-4-6-10-15(13)21/h4-11,19H,3H2,1-2H3. The molecule has 8 heteroatoms. The van der Waals surface area contributed by atoms with Crippen LogP contribution in [0, 0.1) is 0 Å². The van der Waals surface area contributed by atoms with Gasteiger partial charge in [0.15, 0.2) is 5.69 Å². The van der Waals surface area contributed by atoms with Gasteiger partial charge in [-0.15, -0.1) is 10.2 Å².